The number of unbranched alkanes of at least 4 members (excludes halogenated alkanes) is 5. The molecule has 0 saturated heterocycles. The van der Waals surface area contributed by atoms with Crippen LogP contribution in [0.4, 0.5) is 0 Å². The van der Waals surface area contributed by atoms with Crippen LogP contribution in [0.5, 0.6) is 11.5 Å². The Morgan fingerprint density at radius 1 is 1.15 bits per heavy atom. The van der Waals surface area contributed by atoms with Gasteiger partial charge in [0, 0.05) is 0 Å². The van der Waals surface area contributed by atoms with E-state index in [1.807, 2.05) is 24.3 Å². The van der Waals surface area contributed by atoms with Crippen LogP contribution in [-0.2, 0) is 0 Å². The van der Waals surface area contributed by atoms with E-state index in [-0.39, 0.29) is 5.56 Å². The summed E-state index contributed by atoms with van der Waals surface area (Å²) in [5.41, 5.74) is 0.718. The van der Waals surface area contributed by atoms with Crippen LogP contribution in [0, 0.1) is 0 Å². The molecule has 0 aliphatic heterocycles. The molecule has 27 heavy (non-hydrogen) atoms. The number of aromatic nitrogens is 3. The van der Waals surface area contributed by atoms with Crippen molar-refractivity contribution >= 4 is 22.4 Å². The van der Waals surface area contributed by atoms with Crippen LogP contribution in [0.15, 0.2) is 29.3 Å². The average Bonchev–Trinajstić information content (AvgIpc) is 3.25. The highest BCUT2D eigenvalue weighted by atomic mass is 32.1. The lowest BCUT2D eigenvalue weighted by molar-refractivity contribution is 0.284. The Hall–Kier alpha value is -2.41. The van der Waals surface area contributed by atoms with Gasteiger partial charge < -0.3 is 9.47 Å². The van der Waals surface area contributed by atoms with Crippen molar-refractivity contribution in [2.24, 2.45) is 0 Å². The van der Waals surface area contributed by atoms with E-state index >= 15 is 0 Å². The highest BCUT2D eigenvalue weighted by Crippen LogP contribution is 2.28. The maximum atomic E-state index is 12.3. The van der Waals surface area contributed by atoms with E-state index in [1.165, 1.54) is 54.3 Å². The van der Waals surface area contributed by atoms with Gasteiger partial charge >= 0.3 is 0 Å². The Bertz CT molecular complexity index is 980. The minimum atomic E-state index is -0.158. The maximum absolute atomic E-state index is 12.3. The van der Waals surface area contributed by atoms with Crippen LogP contribution >= 0.6 is 11.3 Å². The summed E-state index contributed by atoms with van der Waals surface area (Å²) in [4.78, 5) is 16.9. The van der Waals surface area contributed by atoms with Gasteiger partial charge in [0.15, 0.2) is 11.5 Å². The van der Waals surface area contributed by atoms with Crippen molar-refractivity contribution in [3.8, 4) is 11.5 Å². The third kappa shape index (κ3) is 4.86. The van der Waals surface area contributed by atoms with Crippen LogP contribution in [0.3, 0.4) is 0 Å². The second-order valence-electron chi connectivity index (χ2n) is 6.40. The number of rotatable bonds is 10. The first-order valence-electron chi connectivity index (χ1n) is 9.38. The number of ether oxygens (including phenoxy) is 2. The van der Waals surface area contributed by atoms with E-state index in [0.717, 1.165) is 17.7 Å². The van der Waals surface area contributed by atoms with Gasteiger partial charge in [0.25, 0.3) is 5.56 Å². The number of hydrogen-bond acceptors (Lipinski definition) is 6. The molecule has 2 aromatic heterocycles. The van der Waals surface area contributed by atoms with Gasteiger partial charge in [-0.1, -0.05) is 56.4 Å². The Labute approximate surface area is 162 Å². The third-order valence-electron chi connectivity index (χ3n) is 4.36. The normalized spacial score (nSPS) is 12.0. The molecule has 0 spiro atoms. The summed E-state index contributed by atoms with van der Waals surface area (Å²) in [5.74, 6) is 1.40. The minimum absolute atomic E-state index is 0.158. The lowest BCUT2D eigenvalue weighted by atomic mass is 10.1. The van der Waals surface area contributed by atoms with Gasteiger partial charge in [0.05, 0.1) is 18.2 Å². The highest BCUT2D eigenvalue weighted by Gasteiger charge is 2.08. The molecule has 0 atom stereocenters. The zero-order valence-corrected chi connectivity index (χ0v) is 16.6. The first-order chi connectivity index (χ1) is 13.2. The summed E-state index contributed by atoms with van der Waals surface area (Å²) < 4.78 is 13.2. The van der Waals surface area contributed by atoms with Crippen molar-refractivity contribution in [1.82, 2.24) is 14.6 Å². The highest BCUT2D eigenvalue weighted by molar-refractivity contribution is 7.15. The lowest BCUT2D eigenvalue weighted by Crippen LogP contribution is -2.23. The minimum Gasteiger partial charge on any atom is -0.493 e. The van der Waals surface area contributed by atoms with Gasteiger partial charge in [-0.25, -0.2) is 4.98 Å². The lowest BCUT2D eigenvalue weighted by Gasteiger charge is -2.11. The smallest absolute Gasteiger partial charge is 0.291 e. The number of benzene rings is 1. The molecule has 0 amide bonds. The van der Waals surface area contributed by atoms with Crippen LogP contribution in [0.2, 0.25) is 0 Å². The van der Waals surface area contributed by atoms with Crippen molar-refractivity contribution in [2.45, 2.75) is 45.4 Å². The molecule has 7 heteroatoms. The molecule has 6 nitrogen and oxygen atoms in total. The fourth-order valence-corrected chi connectivity index (χ4v) is 3.77. The predicted octanol–water partition coefficient (Wildman–Crippen LogP) is 3.45. The first kappa shape index (κ1) is 19.4. The van der Waals surface area contributed by atoms with Crippen molar-refractivity contribution in [3.63, 3.8) is 0 Å². The predicted molar refractivity (Wildman–Crippen MR) is 108 cm³/mol. The molecule has 0 bridgehead atoms. The standard InChI is InChI=1S/C20H25N3O3S/c1-3-4-5-6-7-8-11-26-16-10-9-15(12-17(16)25-2)13-18-19(24)23-20(27-18)21-14-22-23/h9-10,12-14H,3-8,11H2,1-2H3. The second-order valence-corrected chi connectivity index (χ2v) is 7.41. The summed E-state index contributed by atoms with van der Waals surface area (Å²) in [6.45, 7) is 2.91. The molecule has 0 saturated carbocycles. The Morgan fingerprint density at radius 3 is 2.74 bits per heavy atom. The van der Waals surface area contributed by atoms with Crippen LogP contribution in [0.1, 0.15) is 51.0 Å². The molecule has 2 heterocycles. The molecule has 144 valence electrons. The quantitative estimate of drug-likeness (QED) is 0.499. The molecule has 0 fully saturated rings. The van der Waals surface area contributed by atoms with Crippen LogP contribution in [-0.4, -0.2) is 28.3 Å². The van der Waals surface area contributed by atoms with Crippen molar-refractivity contribution in [3.05, 3.63) is 45.0 Å². The fourth-order valence-electron chi connectivity index (χ4n) is 2.89. The Kier molecular flexibility index (Phi) is 6.81. The van der Waals surface area contributed by atoms with E-state index in [4.69, 9.17) is 9.47 Å². The number of hydrogen-bond donors (Lipinski definition) is 0. The SMILES string of the molecule is CCCCCCCCOc1ccc(C=c2sc3ncnn3c2=O)cc1OC. The number of fused-ring (bicyclic) bond motifs is 1. The molecule has 0 aliphatic rings. The van der Waals surface area contributed by atoms with Gasteiger partial charge in [0.2, 0.25) is 4.96 Å². The summed E-state index contributed by atoms with van der Waals surface area (Å²) in [6, 6.07) is 5.70. The summed E-state index contributed by atoms with van der Waals surface area (Å²) >= 11 is 1.32. The third-order valence-corrected chi connectivity index (χ3v) is 5.34. The molecule has 0 N–H and O–H groups in total. The zero-order valence-electron chi connectivity index (χ0n) is 15.8. The van der Waals surface area contributed by atoms with Crippen LogP contribution < -0.4 is 19.6 Å². The monoisotopic (exact) mass is 387 g/mol. The largest absolute Gasteiger partial charge is 0.493 e. The van der Waals surface area contributed by atoms with Gasteiger partial charge in [-0.2, -0.15) is 9.61 Å². The summed E-state index contributed by atoms with van der Waals surface area (Å²) in [6.07, 6.45) is 10.6. The maximum Gasteiger partial charge on any atom is 0.291 e. The van der Waals surface area contributed by atoms with E-state index in [2.05, 4.69) is 17.0 Å². The molecule has 0 radical (unpaired) electrons. The number of nitrogens with zero attached hydrogens (tertiary/aromatic N) is 3. The molecular weight excluding hydrogens is 362 g/mol. The molecule has 0 unspecified atom stereocenters. The van der Waals surface area contributed by atoms with Crippen molar-refractivity contribution in [2.75, 3.05) is 13.7 Å². The molecular formula is C20H25N3O3S. The van der Waals surface area contributed by atoms with E-state index < -0.39 is 0 Å². The molecule has 1 aromatic carbocycles. The van der Waals surface area contributed by atoms with Crippen LogP contribution in [0.25, 0.3) is 11.0 Å². The Balaban J connectivity index is 1.65. The van der Waals surface area contributed by atoms with Crippen molar-refractivity contribution in [1.29, 1.82) is 0 Å². The van der Waals surface area contributed by atoms with Crippen molar-refractivity contribution < 1.29 is 9.47 Å². The second kappa shape index (κ2) is 9.50. The topological polar surface area (TPSA) is 65.7 Å². The number of methoxy groups -OCH3 is 1. The van der Waals surface area contributed by atoms with Gasteiger partial charge in [-0.05, 0) is 30.2 Å². The van der Waals surface area contributed by atoms with E-state index in [9.17, 15) is 4.79 Å². The average molecular weight is 388 g/mol. The fraction of sp³-hybridized carbons (Fsp3) is 0.450. The number of thiazole rings is 1. The van der Waals surface area contributed by atoms with E-state index in [0.29, 0.717) is 21.8 Å². The summed E-state index contributed by atoms with van der Waals surface area (Å²) in [7, 11) is 1.62. The molecule has 3 rings (SSSR count). The molecule has 3 aromatic rings. The van der Waals surface area contributed by atoms with Gasteiger partial charge in [-0.3, -0.25) is 4.79 Å². The van der Waals surface area contributed by atoms with E-state index in [1.54, 1.807) is 7.11 Å². The Morgan fingerprint density at radius 2 is 1.96 bits per heavy atom. The zero-order chi connectivity index (χ0) is 19.1. The first-order valence-corrected chi connectivity index (χ1v) is 10.2. The summed E-state index contributed by atoms with van der Waals surface area (Å²) in [5, 5.41) is 3.93. The van der Waals surface area contributed by atoms with Gasteiger partial charge in [-0.15, -0.1) is 0 Å². The molecule has 0 aliphatic carbocycles. The van der Waals surface area contributed by atoms with Gasteiger partial charge in [0.1, 0.15) is 6.33 Å².